The SMILES string of the molecule is CCC1(N)C(c2ncc(N3CCOCC3)c(Cc3cc(C(F)(F)F)cc(C(F)(F)F)c3)n2)Cc2nc(C(F)(F)F)ccc2N1C(=O)O.O=C(O)CCCCCOCCCCCC(=O)O. The van der Waals surface area contributed by atoms with Gasteiger partial charge in [0.05, 0.1) is 59.2 Å². The average molecular weight is 925 g/mol. The summed E-state index contributed by atoms with van der Waals surface area (Å²) in [6, 6.07) is 2.73. The molecule has 2 aromatic heterocycles. The number of morpholine rings is 1. The van der Waals surface area contributed by atoms with Crippen molar-refractivity contribution < 1.29 is 78.7 Å². The van der Waals surface area contributed by atoms with Gasteiger partial charge in [0, 0.05) is 52.0 Å². The lowest BCUT2D eigenvalue weighted by molar-refractivity contribution is -0.143. The lowest BCUT2D eigenvalue weighted by atomic mass is 9.80. The molecule has 14 nitrogen and oxygen atoms in total. The number of nitrogens with two attached hydrogens (primary N) is 1. The molecular formula is C41H49F9N6O8. The van der Waals surface area contributed by atoms with Crippen LogP contribution in [0.15, 0.2) is 36.5 Å². The number of unbranched alkanes of at least 4 members (excludes halogenated alkanes) is 4. The number of halogens is 9. The minimum atomic E-state index is -5.10. The van der Waals surface area contributed by atoms with Crippen LogP contribution >= 0.6 is 0 Å². The molecule has 2 unspecified atom stereocenters. The first-order valence-corrected chi connectivity index (χ1v) is 20.3. The molecule has 354 valence electrons. The quantitative estimate of drug-likeness (QED) is 0.0742. The summed E-state index contributed by atoms with van der Waals surface area (Å²) in [6.07, 6.45) is -10.9. The minimum absolute atomic E-state index is 0.00395. The Morgan fingerprint density at radius 2 is 1.36 bits per heavy atom. The molecule has 0 radical (unpaired) electrons. The van der Waals surface area contributed by atoms with Gasteiger partial charge in [0.2, 0.25) is 0 Å². The molecule has 2 atom stereocenters. The van der Waals surface area contributed by atoms with E-state index < -0.39 is 71.4 Å². The van der Waals surface area contributed by atoms with Crippen LogP contribution in [0.3, 0.4) is 0 Å². The van der Waals surface area contributed by atoms with Gasteiger partial charge in [-0.1, -0.05) is 19.8 Å². The number of ether oxygens (including phenoxy) is 2. The van der Waals surface area contributed by atoms with E-state index in [-0.39, 0.29) is 92.2 Å². The number of hydrogen-bond acceptors (Lipinski definition) is 10. The van der Waals surface area contributed by atoms with E-state index in [0.29, 0.717) is 49.2 Å². The number of amides is 1. The van der Waals surface area contributed by atoms with Gasteiger partial charge >= 0.3 is 36.6 Å². The van der Waals surface area contributed by atoms with Crippen LogP contribution < -0.4 is 15.5 Å². The molecular weight excluding hydrogens is 875 g/mol. The van der Waals surface area contributed by atoms with Crippen molar-refractivity contribution in [3.63, 3.8) is 0 Å². The van der Waals surface area contributed by atoms with E-state index in [4.69, 9.17) is 25.4 Å². The number of carboxylic acid groups (broad SMARTS) is 3. The van der Waals surface area contributed by atoms with Crippen molar-refractivity contribution in [2.45, 2.75) is 108 Å². The standard InChI is InChI=1S/C29H27F9N6O3.C12H22O5/c1-2-26(39)18(13-20-21(44(26)25(45)46)3-4-23(41-20)29(36,37)38)24-40-14-22(43-5-7-47-8-6-43)19(42-24)11-15-9-16(27(30,31)32)12-17(10-15)28(33,34)35;13-11(14)7-3-1-5-9-17-10-6-2-4-8-12(15)16/h3-4,9-10,12,14,18H,2,5-8,11,13,39H2,1H3,(H,45,46);1-10H2,(H,13,14)(H,15,16). The van der Waals surface area contributed by atoms with Gasteiger partial charge in [-0.25, -0.2) is 19.7 Å². The number of alkyl halides is 9. The topological polar surface area (TPSA) is 202 Å². The van der Waals surface area contributed by atoms with Gasteiger partial charge < -0.3 is 35.4 Å². The Balaban J connectivity index is 0.000000448. The van der Waals surface area contributed by atoms with Gasteiger partial charge in [-0.3, -0.25) is 14.5 Å². The van der Waals surface area contributed by atoms with Gasteiger partial charge in [0.15, 0.2) is 0 Å². The molecule has 0 saturated carbocycles. The predicted molar refractivity (Wildman–Crippen MR) is 211 cm³/mol. The fraction of sp³-hybridized carbons (Fsp3) is 0.561. The smallest absolute Gasteiger partial charge is 0.433 e. The van der Waals surface area contributed by atoms with Gasteiger partial charge in [-0.15, -0.1) is 0 Å². The fourth-order valence-corrected chi connectivity index (χ4v) is 7.28. The molecule has 0 spiro atoms. The van der Waals surface area contributed by atoms with Crippen LogP contribution in [0.4, 0.5) is 55.7 Å². The van der Waals surface area contributed by atoms with Crippen molar-refractivity contribution >= 4 is 29.4 Å². The summed E-state index contributed by atoms with van der Waals surface area (Å²) < 4.78 is 133. The summed E-state index contributed by atoms with van der Waals surface area (Å²) in [7, 11) is 0. The van der Waals surface area contributed by atoms with Crippen LogP contribution in [0.25, 0.3) is 0 Å². The Hall–Kier alpha value is -5.29. The molecule has 4 heterocycles. The van der Waals surface area contributed by atoms with E-state index >= 15 is 0 Å². The summed E-state index contributed by atoms with van der Waals surface area (Å²) in [6.45, 7) is 3.95. The molecule has 1 aromatic carbocycles. The number of aromatic nitrogens is 3. The molecule has 5 rings (SSSR count). The molecule has 1 fully saturated rings. The summed E-state index contributed by atoms with van der Waals surface area (Å²) in [5.74, 6) is -2.90. The summed E-state index contributed by atoms with van der Waals surface area (Å²) in [4.78, 5) is 47.9. The molecule has 0 aliphatic carbocycles. The highest BCUT2D eigenvalue weighted by atomic mass is 19.4. The Morgan fingerprint density at radius 3 is 1.84 bits per heavy atom. The van der Waals surface area contributed by atoms with Crippen molar-refractivity contribution in [3.05, 3.63) is 76.1 Å². The number of pyridine rings is 1. The monoisotopic (exact) mass is 924 g/mol. The maximum Gasteiger partial charge on any atom is 0.433 e. The lowest BCUT2D eigenvalue weighted by Gasteiger charge is -2.47. The summed E-state index contributed by atoms with van der Waals surface area (Å²) in [5.41, 5.74) is -0.0514. The summed E-state index contributed by atoms with van der Waals surface area (Å²) >= 11 is 0. The Bertz CT molecular complexity index is 2010. The number of carbonyl (C=O) groups is 3. The molecule has 2 aliphatic rings. The van der Waals surface area contributed by atoms with Crippen LogP contribution in [0.1, 0.15) is 110 Å². The van der Waals surface area contributed by atoms with Gasteiger partial charge in [0.1, 0.15) is 17.2 Å². The normalized spacial score (nSPS) is 18.0. The van der Waals surface area contributed by atoms with Crippen molar-refractivity contribution in [1.29, 1.82) is 0 Å². The second-order valence-corrected chi connectivity index (χ2v) is 15.2. The van der Waals surface area contributed by atoms with Crippen LogP contribution in [-0.2, 0) is 50.4 Å². The third-order valence-corrected chi connectivity index (χ3v) is 10.6. The molecule has 1 saturated heterocycles. The largest absolute Gasteiger partial charge is 0.481 e. The highest BCUT2D eigenvalue weighted by Crippen LogP contribution is 2.45. The van der Waals surface area contributed by atoms with E-state index in [1.54, 1.807) is 4.90 Å². The van der Waals surface area contributed by atoms with Crippen molar-refractivity contribution in [3.8, 4) is 0 Å². The second kappa shape index (κ2) is 22.1. The molecule has 23 heteroatoms. The molecule has 64 heavy (non-hydrogen) atoms. The van der Waals surface area contributed by atoms with Crippen LogP contribution in [-0.4, -0.2) is 93.5 Å². The average Bonchev–Trinajstić information content (AvgIpc) is 3.21. The Morgan fingerprint density at radius 1 is 0.797 bits per heavy atom. The molecule has 3 aromatic rings. The van der Waals surface area contributed by atoms with Crippen molar-refractivity contribution in [2.75, 3.05) is 49.3 Å². The van der Waals surface area contributed by atoms with Gasteiger partial charge in [-0.05, 0) is 68.0 Å². The number of fused-ring (bicyclic) bond motifs is 1. The number of carboxylic acids is 2. The maximum atomic E-state index is 13.6. The molecule has 2 aliphatic heterocycles. The Kier molecular flexibility index (Phi) is 17.7. The Labute approximate surface area is 361 Å². The van der Waals surface area contributed by atoms with Gasteiger partial charge in [-0.2, -0.15) is 39.5 Å². The molecule has 5 N–H and O–H groups in total. The van der Waals surface area contributed by atoms with E-state index in [9.17, 15) is 59.0 Å². The number of nitrogens with zero attached hydrogens (tertiary/aromatic N) is 5. The molecule has 0 bridgehead atoms. The number of benzene rings is 1. The third kappa shape index (κ3) is 14.1. The van der Waals surface area contributed by atoms with Gasteiger partial charge in [0.25, 0.3) is 0 Å². The molecule has 1 amide bonds. The first kappa shape index (κ1) is 51.3. The number of rotatable bonds is 17. The van der Waals surface area contributed by atoms with E-state index in [1.807, 2.05) is 0 Å². The van der Waals surface area contributed by atoms with E-state index in [0.717, 1.165) is 31.7 Å². The predicted octanol–water partition coefficient (Wildman–Crippen LogP) is 8.54. The number of anilines is 2. The summed E-state index contributed by atoms with van der Waals surface area (Å²) in [5, 5.41) is 27.0. The first-order valence-electron chi connectivity index (χ1n) is 20.3. The lowest BCUT2D eigenvalue weighted by Crippen LogP contribution is -2.64. The van der Waals surface area contributed by atoms with Crippen molar-refractivity contribution in [2.24, 2.45) is 5.73 Å². The fourth-order valence-electron chi connectivity index (χ4n) is 7.28. The van der Waals surface area contributed by atoms with Crippen LogP contribution in [0, 0.1) is 0 Å². The third-order valence-electron chi connectivity index (χ3n) is 10.6. The highest BCUT2D eigenvalue weighted by Gasteiger charge is 2.50. The van der Waals surface area contributed by atoms with E-state index in [2.05, 4.69) is 15.0 Å². The number of aliphatic carboxylic acids is 2. The number of hydrogen-bond donors (Lipinski definition) is 4. The van der Waals surface area contributed by atoms with Crippen molar-refractivity contribution in [1.82, 2.24) is 15.0 Å². The zero-order valence-corrected chi connectivity index (χ0v) is 34.7. The zero-order valence-electron chi connectivity index (χ0n) is 34.7. The first-order chi connectivity index (χ1) is 29.9. The van der Waals surface area contributed by atoms with Crippen LogP contribution in [0.2, 0.25) is 0 Å². The highest BCUT2D eigenvalue weighted by molar-refractivity contribution is 5.89. The zero-order chi connectivity index (χ0) is 47.5. The minimum Gasteiger partial charge on any atom is -0.481 e. The van der Waals surface area contributed by atoms with Crippen LogP contribution in [0.5, 0.6) is 0 Å². The van der Waals surface area contributed by atoms with E-state index in [1.165, 1.54) is 13.1 Å². The maximum absolute atomic E-state index is 13.6. The second-order valence-electron chi connectivity index (χ2n) is 15.2.